The van der Waals surface area contributed by atoms with Gasteiger partial charge in [0.25, 0.3) is 5.56 Å². The van der Waals surface area contributed by atoms with Gasteiger partial charge in [-0.2, -0.15) is 0 Å². The molecule has 68 valence electrons. The van der Waals surface area contributed by atoms with Crippen molar-refractivity contribution < 1.29 is 0 Å². The van der Waals surface area contributed by atoms with Gasteiger partial charge in [0.05, 0.1) is 0 Å². The van der Waals surface area contributed by atoms with E-state index in [4.69, 9.17) is 0 Å². The van der Waals surface area contributed by atoms with Crippen LogP contribution in [0.15, 0.2) is 4.79 Å². The summed E-state index contributed by atoms with van der Waals surface area (Å²) in [6.45, 7) is 8.13. The number of aromatic nitrogens is 2. The molecule has 0 saturated heterocycles. The first kappa shape index (κ1) is 9.10. The maximum atomic E-state index is 11.4. The number of hydrogen-bond acceptors (Lipinski definition) is 1. The Bertz CT molecular complexity index is 338. The van der Waals surface area contributed by atoms with Crippen molar-refractivity contribution >= 4 is 0 Å². The van der Waals surface area contributed by atoms with E-state index in [1.165, 1.54) is 4.68 Å². The van der Waals surface area contributed by atoms with Crippen LogP contribution < -0.4 is 5.56 Å². The summed E-state index contributed by atoms with van der Waals surface area (Å²) in [5, 5.41) is 3.06. The molecule has 0 aliphatic carbocycles. The number of rotatable bonds is 0. The van der Waals surface area contributed by atoms with E-state index in [0.717, 1.165) is 11.3 Å². The molecule has 1 aromatic rings. The third-order valence-corrected chi connectivity index (χ3v) is 2.03. The number of H-pyrrole nitrogens is 1. The van der Waals surface area contributed by atoms with E-state index >= 15 is 0 Å². The van der Waals surface area contributed by atoms with E-state index in [-0.39, 0.29) is 11.0 Å². The van der Waals surface area contributed by atoms with Crippen LogP contribution >= 0.6 is 0 Å². The minimum Gasteiger partial charge on any atom is -0.299 e. The summed E-state index contributed by atoms with van der Waals surface area (Å²) in [7, 11) is 1.74. The molecule has 0 radical (unpaired) electrons. The van der Waals surface area contributed by atoms with E-state index in [0.29, 0.717) is 0 Å². The molecule has 0 amide bonds. The van der Waals surface area contributed by atoms with Crippen molar-refractivity contribution in [3.05, 3.63) is 21.6 Å². The molecule has 0 unspecified atom stereocenters. The third-order valence-electron chi connectivity index (χ3n) is 2.03. The highest BCUT2D eigenvalue weighted by Gasteiger charge is 2.20. The first-order valence-corrected chi connectivity index (χ1v) is 4.10. The molecule has 0 aliphatic heterocycles. The van der Waals surface area contributed by atoms with Gasteiger partial charge >= 0.3 is 0 Å². The summed E-state index contributed by atoms with van der Waals surface area (Å²) in [4.78, 5) is 11.4. The van der Waals surface area contributed by atoms with Gasteiger partial charge in [0.2, 0.25) is 0 Å². The predicted octanol–water partition coefficient (Wildman–Crippen LogP) is 1.32. The van der Waals surface area contributed by atoms with Crippen LogP contribution in [-0.2, 0) is 12.5 Å². The van der Waals surface area contributed by atoms with Crippen molar-refractivity contribution in [1.29, 1.82) is 0 Å². The van der Waals surface area contributed by atoms with Crippen LogP contribution in [0.4, 0.5) is 0 Å². The molecule has 1 N–H and O–H groups in total. The van der Waals surface area contributed by atoms with Gasteiger partial charge in [0.15, 0.2) is 0 Å². The molecule has 1 heterocycles. The highest BCUT2D eigenvalue weighted by atomic mass is 16.1. The van der Waals surface area contributed by atoms with Gasteiger partial charge in [-0.3, -0.25) is 14.6 Å². The zero-order valence-electron chi connectivity index (χ0n) is 8.36. The molecule has 0 spiro atoms. The molecule has 3 heteroatoms. The fraction of sp³-hybridized carbons (Fsp3) is 0.667. The van der Waals surface area contributed by atoms with Crippen molar-refractivity contribution in [3.63, 3.8) is 0 Å². The monoisotopic (exact) mass is 168 g/mol. The van der Waals surface area contributed by atoms with E-state index < -0.39 is 0 Å². The van der Waals surface area contributed by atoms with Gasteiger partial charge in [-0.05, 0) is 6.92 Å². The Morgan fingerprint density at radius 2 is 1.83 bits per heavy atom. The largest absolute Gasteiger partial charge is 0.299 e. The number of aromatic amines is 1. The molecule has 0 atom stereocenters. The Morgan fingerprint density at radius 1 is 1.33 bits per heavy atom. The lowest BCUT2D eigenvalue weighted by Gasteiger charge is -2.16. The van der Waals surface area contributed by atoms with Gasteiger partial charge < -0.3 is 0 Å². The van der Waals surface area contributed by atoms with Gasteiger partial charge in [0.1, 0.15) is 0 Å². The number of aryl methyl sites for hydroxylation is 1. The lowest BCUT2D eigenvalue weighted by Crippen LogP contribution is -2.14. The second kappa shape index (κ2) is 2.51. The fourth-order valence-corrected chi connectivity index (χ4v) is 1.39. The van der Waals surface area contributed by atoms with Crippen LogP contribution in [0.3, 0.4) is 0 Å². The van der Waals surface area contributed by atoms with Crippen LogP contribution in [0, 0.1) is 6.92 Å². The zero-order valence-corrected chi connectivity index (χ0v) is 8.36. The fourth-order valence-electron chi connectivity index (χ4n) is 1.39. The Labute approximate surface area is 72.4 Å². The summed E-state index contributed by atoms with van der Waals surface area (Å²) in [5.74, 6) is 0. The molecule has 0 saturated carbocycles. The minimum absolute atomic E-state index is 0.0184. The molecule has 0 bridgehead atoms. The summed E-state index contributed by atoms with van der Waals surface area (Å²) in [6, 6.07) is 0. The van der Waals surface area contributed by atoms with Crippen LogP contribution in [0.2, 0.25) is 0 Å². The molecular weight excluding hydrogens is 152 g/mol. The van der Waals surface area contributed by atoms with Crippen LogP contribution in [0.25, 0.3) is 0 Å². The second-order valence-electron chi connectivity index (χ2n) is 4.23. The van der Waals surface area contributed by atoms with Gasteiger partial charge in [-0.1, -0.05) is 20.8 Å². The van der Waals surface area contributed by atoms with Crippen molar-refractivity contribution in [2.24, 2.45) is 7.05 Å². The Hall–Kier alpha value is -0.990. The minimum atomic E-state index is 0.0184. The highest BCUT2D eigenvalue weighted by molar-refractivity contribution is 5.22. The normalized spacial score (nSPS) is 12.1. The van der Waals surface area contributed by atoms with Crippen LogP contribution in [-0.4, -0.2) is 9.78 Å². The molecule has 1 aromatic heterocycles. The average Bonchev–Trinajstić information content (AvgIpc) is 2.15. The SMILES string of the molecule is Cc1c(C(C)(C)C)[nH]n(C)c1=O. The molecule has 3 nitrogen and oxygen atoms in total. The number of nitrogens with zero attached hydrogens (tertiary/aromatic N) is 1. The van der Waals surface area contributed by atoms with Crippen molar-refractivity contribution in [3.8, 4) is 0 Å². The van der Waals surface area contributed by atoms with E-state index in [1.54, 1.807) is 7.05 Å². The molecule has 0 fully saturated rings. The quantitative estimate of drug-likeness (QED) is 0.623. The van der Waals surface area contributed by atoms with Crippen molar-refractivity contribution in [1.82, 2.24) is 9.78 Å². The topological polar surface area (TPSA) is 37.8 Å². The summed E-state index contributed by atoms with van der Waals surface area (Å²) in [5.41, 5.74) is 1.93. The lowest BCUT2D eigenvalue weighted by molar-refractivity contribution is 0.549. The number of hydrogen-bond donors (Lipinski definition) is 1. The van der Waals surface area contributed by atoms with Gasteiger partial charge in [-0.25, -0.2) is 0 Å². The summed E-state index contributed by atoms with van der Waals surface area (Å²) < 4.78 is 1.52. The summed E-state index contributed by atoms with van der Waals surface area (Å²) in [6.07, 6.45) is 0. The Morgan fingerprint density at radius 3 is 2.00 bits per heavy atom. The average molecular weight is 168 g/mol. The number of nitrogens with one attached hydrogen (secondary N) is 1. The standard InChI is InChI=1S/C9H16N2O/c1-6-7(9(2,3)4)10-11(5)8(6)12/h10H,1-5H3. The first-order valence-electron chi connectivity index (χ1n) is 4.10. The Kier molecular flexibility index (Phi) is 1.90. The van der Waals surface area contributed by atoms with Gasteiger partial charge in [-0.15, -0.1) is 0 Å². The van der Waals surface area contributed by atoms with E-state index in [1.807, 2.05) is 6.92 Å². The molecular formula is C9H16N2O. The van der Waals surface area contributed by atoms with Crippen molar-refractivity contribution in [2.75, 3.05) is 0 Å². The molecule has 0 aromatic carbocycles. The van der Waals surface area contributed by atoms with E-state index in [9.17, 15) is 4.79 Å². The van der Waals surface area contributed by atoms with Crippen LogP contribution in [0.1, 0.15) is 32.0 Å². The lowest BCUT2D eigenvalue weighted by atomic mass is 9.90. The molecule has 0 aliphatic rings. The predicted molar refractivity (Wildman–Crippen MR) is 49.5 cm³/mol. The molecule has 12 heavy (non-hydrogen) atoms. The zero-order chi connectivity index (χ0) is 9.52. The van der Waals surface area contributed by atoms with Crippen molar-refractivity contribution in [2.45, 2.75) is 33.1 Å². The third kappa shape index (κ3) is 1.31. The highest BCUT2D eigenvalue weighted by Crippen LogP contribution is 2.20. The summed E-state index contributed by atoms with van der Waals surface area (Å²) >= 11 is 0. The van der Waals surface area contributed by atoms with Crippen LogP contribution in [0.5, 0.6) is 0 Å². The van der Waals surface area contributed by atoms with E-state index in [2.05, 4.69) is 25.9 Å². The second-order valence-corrected chi connectivity index (χ2v) is 4.23. The smallest absolute Gasteiger partial charge is 0.269 e. The maximum absolute atomic E-state index is 11.4. The van der Waals surface area contributed by atoms with Gasteiger partial charge in [0, 0.05) is 23.7 Å². The Balaban J connectivity index is 3.38. The molecule has 1 rings (SSSR count). The maximum Gasteiger partial charge on any atom is 0.269 e. The first-order chi connectivity index (χ1) is 5.34.